The van der Waals surface area contributed by atoms with Crippen LogP contribution in [0.5, 0.6) is 11.5 Å². The highest BCUT2D eigenvalue weighted by molar-refractivity contribution is 6.10. The van der Waals surface area contributed by atoms with E-state index in [0.717, 1.165) is 5.57 Å². The lowest BCUT2D eigenvalue weighted by Gasteiger charge is -2.40. The van der Waals surface area contributed by atoms with Gasteiger partial charge in [-0.05, 0) is 26.0 Å². The van der Waals surface area contributed by atoms with Crippen molar-refractivity contribution in [3.8, 4) is 11.5 Å². The SMILES string of the molecule is CC(C)=CC[C@@]12O[C@H]1[C@H](O)c1c(O)ccc(O[C@H]3O[C@H](CO)[C@H](O)[C@H](O)[C@H]3O)c1C2=O. The minimum Gasteiger partial charge on any atom is -0.508 e. The maximum atomic E-state index is 13.4. The predicted octanol–water partition coefficient (Wildman–Crippen LogP) is -0.706. The van der Waals surface area contributed by atoms with Crippen LogP contribution in [0, 0.1) is 0 Å². The van der Waals surface area contributed by atoms with Crippen molar-refractivity contribution >= 4 is 5.78 Å². The lowest BCUT2D eigenvalue weighted by atomic mass is 9.78. The number of hydrogen-bond donors (Lipinski definition) is 6. The molecule has 1 aliphatic carbocycles. The molecule has 3 aliphatic rings. The van der Waals surface area contributed by atoms with Crippen LogP contribution < -0.4 is 4.74 Å². The van der Waals surface area contributed by atoms with Crippen molar-refractivity contribution in [3.05, 3.63) is 34.9 Å². The number of allylic oxidation sites excluding steroid dienone is 1. The van der Waals surface area contributed by atoms with Gasteiger partial charge >= 0.3 is 0 Å². The van der Waals surface area contributed by atoms with Crippen LogP contribution in [0.25, 0.3) is 0 Å². The predicted molar refractivity (Wildman–Crippen MR) is 103 cm³/mol. The van der Waals surface area contributed by atoms with Crippen LogP contribution in [0.4, 0.5) is 0 Å². The normalized spacial score (nSPS) is 38.8. The molecule has 0 amide bonds. The zero-order chi connectivity index (χ0) is 22.7. The highest BCUT2D eigenvalue weighted by atomic mass is 16.7. The van der Waals surface area contributed by atoms with Gasteiger partial charge in [0.1, 0.15) is 48.1 Å². The van der Waals surface area contributed by atoms with Crippen molar-refractivity contribution in [2.75, 3.05) is 6.61 Å². The third-order valence-electron chi connectivity index (χ3n) is 6.02. The van der Waals surface area contributed by atoms with Crippen molar-refractivity contribution in [2.24, 2.45) is 0 Å². The lowest BCUT2D eigenvalue weighted by Crippen LogP contribution is -2.60. The zero-order valence-corrected chi connectivity index (χ0v) is 17.0. The fraction of sp³-hybridized carbons (Fsp3) is 0.571. The Morgan fingerprint density at radius 2 is 1.87 bits per heavy atom. The number of Topliss-reactive ketones (excluding diaryl/α,β-unsaturated/α-hetero) is 1. The molecule has 1 aromatic carbocycles. The van der Waals surface area contributed by atoms with Crippen LogP contribution in [0.1, 0.15) is 42.3 Å². The molecule has 8 atom stereocenters. The third-order valence-corrected chi connectivity index (χ3v) is 6.02. The first-order chi connectivity index (χ1) is 14.6. The summed E-state index contributed by atoms with van der Waals surface area (Å²) in [5.74, 6) is -0.916. The number of epoxide rings is 1. The van der Waals surface area contributed by atoms with Crippen LogP contribution in [-0.4, -0.2) is 85.4 Å². The van der Waals surface area contributed by atoms with E-state index < -0.39 is 60.9 Å². The average molecular weight is 438 g/mol. The number of rotatable bonds is 5. The van der Waals surface area contributed by atoms with Gasteiger partial charge in [-0.25, -0.2) is 0 Å². The molecule has 0 unspecified atom stereocenters. The molecule has 10 nitrogen and oxygen atoms in total. The number of aliphatic hydroxyl groups is 5. The molecule has 0 aromatic heterocycles. The van der Waals surface area contributed by atoms with Crippen molar-refractivity contribution in [2.45, 2.75) is 68.8 Å². The molecule has 6 N–H and O–H groups in total. The standard InChI is InChI=1S/C21H26O10/c1-8(2)5-6-21-18(28)13-10(4-3-9(23)12(13)15(25)19(21)31-21)29-20-17(27)16(26)14(24)11(7-22)30-20/h3-5,11,14-17,19-20,22-27H,6-7H2,1-2H3/t11-,14+,15-,16+,17-,19+,20+,21+/m1/s1. The molecule has 1 aromatic rings. The number of aliphatic hydroxyl groups excluding tert-OH is 5. The van der Waals surface area contributed by atoms with Crippen LogP contribution in [0.15, 0.2) is 23.8 Å². The van der Waals surface area contributed by atoms with E-state index in [1.807, 2.05) is 19.9 Å². The Hall–Kier alpha value is -2.05. The summed E-state index contributed by atoms with van der Waals surface area (Å²) in [7, 11) is 0. The Bertz CT molecular complexity index is 908. The smallest absolute Gasteiger partial charge is 0.229 e. The molecule has 31 heavy (non-hydrogen) atoms. The highest BCUT2D eigenvalue weighted by Crippen LogP contribution is 2.57. The number of fused-ring (bicyclic) bond motifs is 2. The molecular formula is C21H26O10. The summed E-state index contributed by atoms with van der Waals surface area (Å²) in [4.78, 5) is 13.4. The number of benzene rings is 1. The summed E-state index contributed by atoms with van der Waals surface area (Å²) in [5, 5.41) is 60.6. The Kier molecular flexibility index (Phi) is 5.59. The van der Waals surface area contributed by atoms with Gasteiger partial charge in [0.25, 0.3) is 0 Å². The van der Waals surface area contributed by atoms with Gasteiger partial charge < -0.3 is 44.8 Å². The summed E-state index contributed by atoms with van der Waals surface area (Å²) in [5.41, 5.74) is -0.487. The largest absolute Gasteiger partial charge is 0.508 e. The number of aromatic hydroxyl groups is 1. The van der Waals surface area contributed by atoms with E-state index in [1.54, 1.807) is 0 Å². The van der Waals surface area contributed by atoms with Gasteiger partial charge in [-0.15, -0.1) is 0 Å². The Morgan fingerprint density at radius 3 is 2.52 bits per heavy atom. The highest BCUT2D eigenvalue weighted by Gasteiger charge is 2.69. The van der Waals surface area contributed by atoms with Crippen LogP contribution in [0.3, 0.4) is 0 Å². The Labute approximate surface area is 177 Å². The van der Waals surface area contributed by atoms with Crippen LogP contribution >= 0.6 is 0 Å². The second-order valence-corrected chi connectivity index (χ2v) is 8.37. The second kappa shape index (κ2) is 7.82. The van der Waals surface area contributed by atoms with Gasteiger partial charge in [0, 0.05) is 12.0 Å². The quantitative estimate of drug-likeness (QED) is 0.255. The van der Waals surface area contributed by atoms with E-state index in [-0.39, 0.29) is 29.0 Å². The molecule has 0 radical (unpaired) electrons. The lowest BCUT2D eigenvalue weighted by molar-refractivity contribution is -0.277. The van der Waals surface area contributed by atoms with Gasteiger partial charge in [0.2, 0.25) is 12.1 Å². The average Bonchev–Trinajstić information content (AvgIpc) is 3.48. The van der Waals surface area contributed by atoms with Crippen molar-refractivity contribution in [1.29, 1.82) is 0 Å². The summed E-state index contributed by atoms with van der Waals surface area (Å²) >= 11 is 0. The van der Waals surface area contributed by atoms with Crippen LogP contribution in [-0.2, 0) is 9.47 Å². The van der Waals surface area contributed by atoms with E-state index in [9.17, 15) is 35.4 Å². The monoisotopic (exact) mass is 438 g/mol. The number of carbonyl (C=O) groups is 1. The van der Waals surface area contributed by atoms with Crippen molar-refractivity contribution in [1.82, 2.24) is 0 Å². The van der Waals surface area contributed by atoms with Gasteiger partial charge in [0.05, 0.1) is 12.2 Å². The Balaban J connectivity index is 1.70. The molecule has 2 saturated heterocycles. The zero-order valence-electron chi connectivity index (χ0n) is 17.0. The number of phenols is 1. The number of phenolic OH excluding ortho intramolecular Hbond substituents is 1. The van der Waals surface area contributed by atoms with Gasteiger partial charge in [0.15, 0.2) is 5.60 Å². The fourth-order valence-corrected chi connectivity index (χ4v) is 4.18. The van der Waals surface area contributed by atoms with Crippen LogP contribution in [0.2, 0.25) is 0 Å². The maximum absolute atomic E-state index is 13.4. The van der Waals surface area contributed by atoms with E-state index in [4.69, 9.17) is 14.2 Å². The van der Waals surface area contributed by atoms with E-state index in [0.29, 0.717) is 0 Å². The molecule has 0 bridgehead atoms. The third kappa shape index (κ3) is 3.44. The molecule has 4 rings (SSSR count). The molecule has 0 saturated carbocycles. The number of ether oxygens (including phenoxy) is 3. The van der Waals surface area contributed by atoms with E-state index in [1.165, 1.54) is 12.1 Å². The molecule has 170 valence electrons. The summed E-state index contributed by atoms with van der Waals surface area (Å²) in [6.07, 6.45) is -7.68. The van der Waals surface area contributed by atoms with Crippen molar-refractivity contribution < 1.29 is 49.6 Å². The number of hydrogen-bond acceptors (Lipinski definition) is 10. The summed E-state index contributed by atoms with van der Waals surface area (Å²) in [6.45, 7) is 3.09. The van der Waals surface area contributed by atoms with Crippen molar-refractivity contribution in [3.63, 3.8) is 0 Å². The van der Waals surface area contributed by atoms with Gasteiger partial charge in [-0.3, -0.25) is 4.79 Å². The molecule has 2 aliphatic heterocycles. The topological polar surface area (TPSA) is 169 Å². The Morgan fingerprint density at radius 1 is 1.16 bits per heavy atom. The first-order valence-corrected chi connectivity index (χ1v) is 9.99. The molecular weight excluding hydrogens is 412 g/mol. The first kappa shape index (κ1) is 22.2. The van der Waals surface area contributed by atoms with Gasteiger partial charge in [-0.2, -0.15) is 0 Å². The van der Waals surface area contributed by atoms with E-state index >= 15 is 0 Å². The van der Waals surface area contributed by atoms with Gasteiger partial charge in [-0.1, -0.05) is 11.6 Å². The summed E-state index contributed by atoms with van der Waals surface area (Å²) in [6, 6.07) is 2.50. The molecule has 10 heteroatoms. The number of ketones is 1. The molecule has 2 heterocycles. The molecule has 0 spiro atoms. The minimum absolute atomic E-state index is 0.0533. The second-order valence-electron chi connectivity index (χ2n) is 8.37. The van der Waals surface area contributed by atoms with E-state index in [2.05, 4.69) is 0 Å². The maximum Gasteiger partial charge on any atom is 0.229 e. The first-order valence-electron chi connectivity index (χ1n) is 9.99. The fourth-order valence-electron chi connectivity index (χ4n) is 4.18. The number of carbonyl (C=O) groups excluding carboxylic acids is 1. The summed E-state index contributed by atoms with van der Waals surface area (Å²) < 4.78 is 16.6. The minimum atomic E-state index is -1.68. The molecule has 2 fully saturated rings.